The predicted molar refractivity (Wildman–Crippen MR) is 96.5 cm³/mol. The zero-order valence-corrected chi connectivity index (χ0v) is 14.9. The van der Waals surface area contributed by atoms with Crippen molar-refractivity contribution in [1.29, 1.82) is 0 Å². The maximum atomic E-state index is 13.0. The highest BCUT2D eigenvalue weighted by molar-refractivity contribution is 6.05. The van der Waals surface area contributed by atoms with Crippen LogP contribution in [0.2, 0.25) is 0 Å². The highest BCUT2D eigenvalue weighted by Gasteiger charge is 2.41. The van der Waals surface area contributed by atoms with E-state index in [0.717, 1.165) is 5.56 Å². The Morgan fingerprint density at radius 3 is 1.81 bits per heavy atom. The molecule has 2 rings (SSSR count). The third-order valence-electron chi connectivity index (χ3n) is 4.29. The number of carbonyl (C=O) groups is 3. The fraction of sp³-hybridized carbons (Fsp3) is 0.286. The number of methoxy groups -OCH3 is 2. The Morgan fingerprint density at radius 1 is 0.808 bits per heavy atom. The summed E-state index contributed by atoms with van der Waals surface area (Å²) in [6, 6.07) is 18.2. The predicted octanol–water partition coefficient (Wildman–Crippen LogP) is 3.08. The van der Waals surface area contributed by atoms with E-state index < -0.39 is 23.8 Å². The molecule has 0 spiro atoms. The van der Waals surface area contributed by atoms with Crippen LogP contribution in [-0.4, -0.2) is 31.9 Å². The van der Waals surface area contributed by atoms with Crippen LogP contribution in [-0.2, 0) is 25.5 Å². The van der Waals surface area contributed by atoms with Crippen LogP contribution >= 0.6 is 0 Å². The van der Waals surface area contributed by atoms with Gasteiger partial charge in [-0.1, -0.05) is 60.7 Å². The van der Waals surface area contributed by atoms with Crippen LogP contribution in [0.3, 0.4) is 0 Å². The van der Waals surface area contributed by atoms with Crippen LogP contribution < -0.4 is 0 Å². The Bertz CT molecular complexity index is 724. The molecule has 0 aliphatic heterocycles. The van der Waals surface area contributed by atoms with Gasteiger partial charge in [-0.25, -0.2) is 0 Å². The first kappa shape index (κ1) is 19.4. The minimum Gasteiger partial charge on any atom is -0.468 e. The molecule has 0 amide bonds. The van der Waals surface area contributed by atoms with Crippen LogP contribution in [0, 0.1) is 11.8 Å². The van der Waals surface area contributed by atoms with Gasteiger partial charge in [0.05, 0.1) is 14.2 Å². The third-order valence-corrected chi connectivity index (χ3v) is 4.29. The minimum absolute atomic E-state index is 0.276. The van der Waals surface area contributed by atoms with Crippen molar-refractivity contribution in [2.75, 3.05) is 14.2 Å². The van der Waals surface area contributed by atoms with Crippen LogP contribution in [0.15, 0.2) is 60.7 Å². The smallest absolute Gasteiger partial charge is 0.320 e. The molecule has 0 aliphatic carbocycles. The molecule has 0 heterocycles. The zero-order chi connectivity index (χ0) is 18.9. The number of benzene rings is 2. The van der Waals surface area contributed by atoms with E-state index >= 15 is 0 Å². The molecule has 0 bridgehead atoms. The van der Waals surface area contributed by atoms with Crippen LogP contribution in [0.1, 0.15) is 22.3 Å². The highest BCUT2D eigenvalue weighted by atomic mass is 16.5. The van der Waals surface area contributed by atoms with Crippen LogP contribution in [0.5, 0.6) is 0 Å². The monoisotopic (exact) mass is 354 g/mol. The molecular weight excluding hydrogens is 332 g/mol. The van der Waals surface area contributed by atoms with Gasteiger partial charge >= 0.3 is 11.9 Å². The standard InChI is InChI=1S/C21H22O5/c1-25-20(23)18(21(24)26-2)17(14-13-15-9-5-3-6-10-15)19(22)16-11-7-4-8-12-16/h3-12,17-18H,13-14H2,1-2H3. The van der Waals surface area contributed by atoms with E-state index in [1.54, 1.807) is 30.3 Å². The number of hydrogen-bond donors (Lipinski definition) is 0. The number of aryl methyl sites for hydroxylation is 1. The van der Waals surface area contributed by atoms with Gasteiger partial charge in [0.25, 0.3) is 0 Å². The summed E-state index contributed by atoms with van der Waals surface area (Å²) in [7, 11) is 2.39. The van der Waals surface area contributed by atoms with Gasteiger partial charge in [-0.3, -0.25) is 14.4 Å². The molecule has 2 aromatic rings. The fourth-order valence-corrected chi connectivity index (χ4v) is 2.91. The SMILES string of the molecule is COC(=O)C(C(=O)OC)C(CCc1ccccc1)C(=O)c1ccccc1. The van der Waals surface area contributed by atoms with Gasteiger partial charge in [-0.2, -0.15) is 0 Å². The summed E-state index contributed by atoms with van der Waals surface area (Å²) in [6.07, 6.45) is 0.876. The van der Waals surface area contributed by atoms with Gasteiger partial charge in [-0.15, -0.1) is 0 Å². The van der Waals surface area contributed by atoms with E-state index in [4.69, 9.17) is 9.47 Å². The summed E-state index contributed by atoms with van der Waals surface area (Å²) >= 11 is 0. The summed E-state index contributed by atoms with van der Waals surface area (Å²) < 4.78 is 9.52. The highest BCUT2D eigenvalue weighted by Crippen LogP contribution is 2.26. The largest absolute Gasteiger partial charge is 0.468 e. The number of ether oxygens (including phenoxy) is 2. The van der Waals surface area contributed by atoms with E-state index in [9.17, 15) is 14.4 Å². The van der Waals surface area contributed by atoms with E-state index in [0.29, 0.717) is 18.4 Å². The molecule has 2 aromatic carbocycles. The second-order valence-electron chi connectivity index (χ2n) is 5.89. The molecule has 0 saturated heterocycles. The average Bonchev–Trinajstić information content (AvgIpc) is 2.71. The van der Waals surface area contributed by atoms with E-state index in [1.165, 1.54) is 14.2 Å². The second-order valence-corrected chi connectivity index (χ2v) is 5.89. The molecule has 1 atom stereocenters. The molecule has 0 fully saturated rings. The van der Waals surface area contributed by atoms with Gasteiger partial charge in [0.2, 0.25) is 0 Å². The Kier molecular flexibility index (Phi) is 7.09. The molecule has 0 radical (unpaired) electrons. The van der Waals surface area contributed by atoms with E-state index in [-0.39, 0.29) is 5.78 Å². The van der Waals surface area contributed by atoms with Crippen molar-refractivity contribution in [2.24, 2.45) is 11.8 Å². The lowest BCUT2D eigenvalue weighted by atomic mass is 9.81. The third kappa shape index (κ3) is 4.79. The summed E-state index contributed by atoms with van der Waals surface area (Å²) in [5.41, 5.74) is 1.47. The average molecular weight is 354 g/mol. The molecule has 0 aliphatic rings. The normalized spacial score (nSPS) is 11.7. The summed E-state index contributed by atoms with van der Waals surface area (Å²) in [4.78, 5) is 37.5. The molecule has 26 heavy (non-hydrogen) atoms. The Morgan fingerprint density at radius 2 is 1.31 bits per heavy atom. The zero-order valence-electron chi connectivity index (χ0n) is 14.9. The molecule has 0 N–H and O–H groups in total. The number of esters is 2. The molecular formula is C21H22O5. The molecule has 0 saturated carbocycles. The van der Waals surface area contributed by atoms with Gasteiger partial charge in [0, 0.05) is 11.5 Å². The number of rotatable bonds is 8. The van der Waals surface area contributed by atoms with Crippen molar-refractivity contribution in [3.05, 3.63) is 71.8 Å². The first-order valence-corrected chi connectivity index (χ1v) is 8.37. The van der Waals surface area contributed by atoms with Gasteiger partial charge in [-0.05, 0) is 18.4 Å². The van der Waals surface area contributed by atoms with Crippen molar-refractivity contribution in [3.63, 3.8) is 0 Å². The fourth-order valence-electron chi connectivity index (χ4n) is 2.91. The summed E-state index contributed by atoms with van der Waals surface area (Å²) in [5, 5.41) is 0. The minimum atomic E-state index is -1.29. The Labute approximate surface area is 152 Å². The van der Waals surface area contributed by atoms with Crippen molar-refractivity contribution in [2.45, 2.75) is 12.8 Å². The molecule has 1 unspecified atom stereocenters. The lowest BCUT2D eigenvalue weighted by Crippen LogP contribution is -2.38. The first-order chi connectivity index (χ1) is 12.6. The van der Waals surface area contributed by atoms with Crippen molar-refractivity contribution >= 4 is 17.7 Å². The number of Topliss-reactive ketones (excluding diaryl/α,β-unsaturated/α-hetero) is 1. The number of ketones is 1. The van der Waals surface area contributed by atoms with Crippen molar-refractivity contribution in [3.8, 4) is 0 Å². The first-order valence-electron chi connectivity index (χ1n) is 8.37. The number of carbonyl (C=O) groups excluding carboxylic acids is 3. The Hall–Kier alpha value is -2.95. The maximum absolute atomic E-state index is 13.0. The number of hydrogen-bond acceptors (Lipinski definition) is 5. The molecule has 5 nitrogen and oxygen atoms in total. The molecule has 0 aromatic heterocycles. The van der Waals surface area contributed by atoms with Crippen molar-refractivity contribution in [1.82, 2.24) is 0 Å². The summed E-state index contributed by atoms with van der Waals surface area (Å²) in [5.74, 6) is -3.96. The lowest BCUT2D eigenvalue weighted by Gasteiger charge is -2.22. The molecule has 5 heteroatoms. The quantitative estimate of drug-likeness (QED) is 0.414. The Balaban J connectivity index is 2.34. The van der Waals surface area contributed by atoms with Crippen LogP contribution in [0.4, 0.5) is 0 Å². The topological polar surface area (TPSA) is 69.7 Å². The van der Waals surface area contributed by atoms with Crippen LogP contribution in [0.25, 0.3) is 0 Å². The van der Waals surface area contributed by atoms with Gasteiger partial charge < -0.3 is 9.47 Å². The van der Waals surface area contributed by atoms with Gasteiger partial charge in [0.15, 0.2) is 11.7 Å². The molecule has 136 valence electrons. The van der Waals surface area contributed by atoms with Crippen molar-refractivity contribution < 1.29 is 23.9 Å². The van der Waals surface area contributed by atoms with Gasteiger partial charge in [0.1, 0.15) is 0 Å². The lowest BCUT2D eigenvalue weighted by molar-refractivity contribution is -0.160. The van der Waals surface area contributed by atoms with E-state index in [1.807, 2.05) is 30.3 Å². The summed E-state index contributed by atoms with van der Waals surface area (Å²) in [6.45, 7) is 0. The second kappa shape index (κ2) is 9.51. The maximum Gasteiger partial charge on any atom is 0.320 e. The van der Waals surface area contributed by atoms with E-state index in [2.05, 4.69) is 0 Å².